The lowest BCUT2D eigenvalue weighted by molar-refractivity contribution is -0.127. The second-order valence-corrected chi connectivity index (χ2v) is 9.57. The van der Waals surface area contributed by atoms with Crippen molar-refractivity contribution in [2.24, 2.45) is 5.92 Å². The molecule has 1 atom stereocenters. The maximum Gasteiger partial charge on any atom is 0.241 e. The van der Waals surface area contributed by atoms with Gasteiger partial charge in [-0.15, -0.1) is 0 Å². The van der Waals surface area contributed by atoms with Gasteiger partial charge in [-0.1, -0.05) is 41.0 Å². The number of carbonyl (C=O) groups is 2. The molecule has 1 N–H and O–H groups in total. The summed E-state index contributed by atoms with van der Waals surface area (Å²) in [6, 6.07) is 15.2. The van der Waals surface area contributed by atoms with Gasteiger partial charge in [-0.25, -0.2) is 0 Å². The first-order valence-corrected chi connectivity index (χ1v) is 12.4. The Hall–Kier alpha value is -3.23. The highest BCUT2D eigenvalue weighted by molar-refractivity contribution is 6.30. The second kappa shape index (κ2) is 10.6. The number of halogens is 1. The zero-order valence-corrected chi connectivity index (χ0v) is 20.2. The van der Waals surface area contributed by atoms with Gasteiger partial charge in [0.1, 0.15) is 0 Å². The smallest absolute Gasteiger partial charge is 0.241 e. The number of benzene rings is 2. The Morgan fingerprint density at radius 2 is 2.03 bits per heavy atom. The number of rotatable bonds is 7. The van der Waals surface area contributed by atoms with Crippen molar-refractivity contribution in [2.45, 2.75) is 38.8 Å². The summed E-state index contributed by atoms with van der Waals surface area (Å²) < 4.78 is 5.45. The monoisotopic (exact) mass is 493 g/mol. The highest BCUT2D eigenvalue weighted by Crippen LogP contribution is 2.24. The molecular formula is C26H28ClN5O3. The molecule has 1 unspecified atom stereocenters. The Morgan fingerprint density at radius 1 is 1.14 bits per heavy atom. The number of likely N-dealkylation sites (tertiary alicyclic amines) is 1. The van der Waals surface area contributed by atoms with Crippen LogP contribution in [0.1, 0.15) is 37.1 Å². The molecule has 2 fully saturated rings. The van der Waals surface area contributed by atoms with Crippen molar-refractivity contribution < 1.29 is 14.1 Å². The third-order valence-corrected chi connectivity index (χ3v) is 6.78. The number of piperidine rings is 1. The molecule has 0 bridgehead atoms. The lowest BCUT2D eigenvalue weighted by Crippen LogP contribution is -2.42. The minimum atomic E-state index is -0.0950. The zero-order valence-electron chi connectivity index (χ0n) is 19.5. The van der Waals surface area contributed by atoms with Gasteiger partial charge in [-0.3, -0.25) is 14.5 Å². The van der Waals surface area contributed by atoms with Gasteiger partial charge in [0.05, 0.1) is 12.5 Å². The van der Waals surface area contributed by atoms with Crippen molar-refractivity contribution in [2.75, 3.05) is 24.5 Å². The minimum Gasteiger partial charge on any atom is -0.352 e. The number of aromatic nitrogens is 2. The molecule has 9 heteroatoms. The number of hydrogen-bond donors (Lipinski definition) is 1. The van der Waals surface area contributed by atoms with Crippen molar-refractivity contribution in [3.63, 3.8) is 0 Å². The van der Waals surface area contributed by atoms with E-state index in [0.29, 0.717) is 42.8 Å². The van der Waals surface area contributed by atoms with Crippen molar-refractivity contribution in [1.82, 2.24) is 20.4 Å². The van der Waals surface area contributed by atoms with Crippen molar-refractivity contribution in [3.05, 3.63) is 65.0 Å². The molecule has 8 nitrogen and oxygen atoms in total. The molecule has 0 saturated carbocycles. The van der Waals surface area contributed by atoms with E-state index in [1.54, 1.807) is 12.1 Å². The van der Waals surface area contributed by atoms with Gasteiger partial charge >= 0.3 is 0 Å². The molecule has 1 aromatic heterocycles. The van der Waals surface area contributed by atoms with E-state index in [2.05, 4.69) is 20.4 Å². The summed E-state index contributed by atoms with van der Waals surface area (Å²) in [5.41, 5.74) is 2.70. The zero-order chi connectivity index (χ0) is 24.2. The number of carbonyl (C=O) groups excluding carboxylic acids is 2. The van der Waals surface area contributed by atoms with Crippen molar-refractivity contribution in [1.29, 1.82) is 0 Å². The first kappa shape index (κ1) is 23.5. The molecule has 0 spiro atoms. The van der Waals surface area contributed by atoms with Crippen LogP contribution in [0.3, 0.4) is 0 Å². The Bertz CT molecular complexity index is 1210. The maximum absolute atomic E-state index is 12.9. The molecule has 0 radical (unpaired) electrons. The SMILES string of the molecule is O=C(NCc1cccc(N2CCCC2=O)c1)C1CCCN(Cc2nc(-c3cccc(Cl)c3)no2)C1. The molecule has 3 heterocycles. The third-order valence-electron chi connectivity index (χ3n) is 6.55. The minimum absolute atomic E-state index is 0.0440. The predicted octanol–water partition coefficient (Wildman–Crippen LogP) is 4.05. The Balaban J connectivity index is 1.15. The Morgan fingerprint density at radius 3 is 2.86 bits per heavy atom. The molecule has 2 aliphatic heterocycles. The molecule has 182 valence electrons. The van der Waals surface area contributed by atoms with Gasteiger partial charge in [-0.05, 0) is 55.6 Å². The summed E-state index contributed by atoms with van der Waals surface area (Å²) in [7, 11) is 0. The summed E-state index contributed by atoms with van der Waals surface area (Å²) in [5, 5.41) is 7.78. The third kappa shape index (κ3) is 5.71. The largest absolute Gasteiger partial charge is 0.352 e. The fraction of sp³-hybridized carbons (Fsp3) is 0.385. The van der Waals surface area contributed by atoms with Crippen LogP contribution < -0.4 is 10.2 Å². The average Bonchev–Trinajstić information content (AvgIpc) is 3.52. The fourth-order valence-electron chi connectivity index (χ4n) is 4.76. The molecule has 3 aromatic rings. The highest BCUT2D eigenvalue weighted by atomic mass is 35.5. The summed E-state index contributed by atoms with van der Waals surface area (Å²) in [6.45, 7) is 3.22. The molecule has 35 heavy (non-hydrogen) atoms. The van der Waals surface area contributed by atoms with E-state index in [0.717, 1.165) is 49.2 Å². The van der Waals surface area contributed by atoms with E-state index in [4.69, 9.17) is 16.1 Å². The summed E-state index contributed by atoms with van der Waals surface area (Å²) >= 11 is 6.06. The average molecular weight is 494 g/mol. The van der Waals surface area contributed by atoms with Crippen LogP contribution in [0, 0.1) is 5.92 Å². The van der Waals surface area contributed by atoms with Gasteiger partial charge in [0, 0.05) is 42.3 Å². The number of nitrogens with one attached hydrogen (secondary N) is 1. The lowest BCUT2D eigenvalue weighted by atomic mass is 9.97. The van der Waals surface area contributed by atoms with Crippen LogP contribution in [-0.2, 0) is 22.7 Å². The van der Waals surface area contributed by atoms with Crippen LogP contribution in [0.25, 0.3) is 11.4 Å². The van der Waals surface area contributed by atoms with Gasteiger partial charge in [0.15, 0.2) is 0 Å². The van der Waals surface area contributed by atoms with Gasteiger partial charge in [0.25, 0.3) is 0 Å². The Labute approximate surface area is 209 Å². The van der Waals surface area contributed by atoms with E-state index >= 15 is 0 Å². The highest BCUT2D eigenvalue weighted by Gasteiger charge is 2.27. The van der Waals surface area contributed by atoms with Crippen LogP contribution in [0.2, 0.25) is 5.02 Å². The van der Waals surface area contributed by atoms with Gasteiger partial charge in [0.2, 0.25) is 23.5 Å². The van der Waals surface area contributed by atoms with Crippen molar-refractivity contribution >= 4 is 29.1 Å². The second-order valence-electron chi connectivity index (χ2n) is 9.13. The molecule has 5 rings (SSSR count). The first-order chi connectivity index (χ1) is 17.0. The van der Waals surface area contributed by atoms with E-state index in [-0.39, 0.29) is 17.7 Å². The molecular weight excluding hydrogens is 466 g/mol. The van der Waals surface area contributed by atoms with E-state index in [1.165, 1.54) is 0 Å². The molecule has 2 aliphatic rings. The van der Waals surface area contributed by atoms with Crippen molar-refractivity contribution in [3.8, 4) is 11.4 Å². The predicted molar refractivity (Wildman–Crippen MR) is 133 cm³/mol. The molecule has 2 aromatic carbocycles. The Kier molecular flexibility index (Phi) is 7.11. The number of amides is 2. The van der Waals surface area contributed by atoms with E-state index in [9.17, 15) is 9.59 Å². The lowest BCUT2D eigenvalue weighted by Gasteiger charge is -2.30. The van der Waals surface area contributed by atoms with Gasteiger partial charge < -0.3 is 14.7 Å². The molecule has 0 aliphatic carbocycles. The normalized spacial score (nSPS) is 18.7. The van der Waals surface area contributed by atoms with Crippen LogP contribution >= 0.6 is 11.6 Å². The fourth-order valence-corrected chi connectivity index (χ4v) is 4.95. The van der Waals surface area contributed by atoms with Crippen LogP contribution in [0.4, 0.5) is 5.69 Å². The van der Waals surface area contributed by atoms with E-state index in [1.807, 2.05) is 41.3 Å². The van der Waals surface area contributed by atoms with Crippen LogP contribution in [-0.4, -0.2) is 46.5 Å². The number of nitrogens with zero attached hydrogens (tertiary/aromatic N) is 4. The molecule has 2 saturated heterocycles. The van der Waals surface area contributed by atoms with Gasteiger partial charge in [-0.2, -0.15) is 4.98 Å². The van der Waals surface area contributed by atoms with E-state index < -0.39 is 0 Å². The summed E-state index contributed by atoms with van der Waals surface area (Å²) in [5.74, 6) is 1.14. The first-order valence-electron chi connectivity index (χ1n) is 12.0. The quantitative estimate of drug-likeness (QED) is 0.534. The topological polar surface area (TPSA) is 91.6 Å². The standard InChI is InChI=1S/C26H28ClN5O3/c27-21-8-2-6-19(14-21)25-29-23(35-30-25)17-31-11-3-7-20(16-31)26(34)28-15-18-5-1-9-22(13-18)32-12-4-10-24(32)33/h1-2,5-6,8-9,13-14,20H,3-4,7,10-12,15-17H2,(H,28,34). The van der Waals surface area contributed by atoms with Crippen LogP contribution in [0.5, 0.6) is 0 Å². The van der Waals surface area contributed by atoms with Crippen LogP contribution in [0.15, 0.2) is 53.1 Å². The maximum atomic E-state index is 12.9. The number of hydrogen-bond acceptors (Lipinski definition) is 6. The summed E-state index contributed by atoms with van der Waals surface area (Å²) in [6.07, 6.45) is 3.27. The summed E-state index contributed by atoms with van der Waals surface area (Å²) in [4.78, 5) is 33.5. The number of anilines is 1. The molecule has 2 amide bonds.